The molecule has 0 aliphatic carbocycles. The molecule has 0 aromatic heterocycles. The molecule has 0 atom stereocenters. The molecule has 0 saturated carbocycles. The summed E-state index contributed by atoms with van der Waals surface area (Å²) in [4.78, 5) is 23.6. The van der Waals surface area contributed by atoms with Crippen LogP contribution in [0.2, 0.25) is 5.02 Å². The molecule has 0 saturated heterocycles. The Morgan fingerprint density at radius 3 is 2.57 bits per heavy atom. The summed E-state index contributed by atoms with van der Waals surface area (Å²) < 4.78 is 26.2. The summed E-state index contributed by atoms with van der Waals surface area (Å²) in [7, 11) is 0. The number of Topliss-reactive ketones (excluding diaryl/α,β-unsaturated/α-hetero) is 1. The number of para-hydroxylation sites is 1. The molecule has 2 aromatic rings. The van der Waals surface area contributed by atoms with Gasteiger partial charge in [0.1, 0.15) is 11.6 Å². The summed E-state index contributed by atoms with van der Waals surface area (Å²) in [5.41, 5.74) is -0.160. The van der Waals surface area contributed by atoms with Gasteiger partial charge in [-0.2, -0.15) is 0 Å². The maximum atomic E-state index is 13.5. The number of carbonyl (C=O) groups excluding carboxylic acids is 2. The fraction of sp³-hybridized carbons (Fsp3) is 0.125. The molecule has 7 heteroatoms. The SMILES string of the molecule is O=C(CCC(=O)c1ccc(F)cc1F)Nc1cccc(Cl)c1O. The highest BCUT2D eigenvalue weighted by molar-refractivity contribution is 6.32. The van der Waals surface area contributed by atoms with Gasteiger partial charge in [-0.25, -0.2) is 8.78 Å². The molecule has 0 radical (unpaired) electrons. The molecule has 23 heavy (non-hydrogen) atoms. The van der Waals surface area contributed by atoms with E-state index in [1.54, 1.807) is 0 Å². The van der Waals surface area contributed by atoms with E-state index in [4.69, 9.17) is 11.6 Å². The van der Waals surface area contributed by atoms with Crippen LogP contribution in [0.25, 0.3) is 0 Å². The molecule has 1 amide bonds. The smallest absolute Gasteiger partial charge is 0.224 e. The number of rotatable bonds is 5. The average molecular weight is 340 g/mol. The highest BCUT2D eigenvalue weighted by Gasteiger charge is 2.15. The lowest BCUT2D eigenvalue weighted by Crippen LogP contribution is -2.14. The van der Waals surface area contributed by atoms with Crippen LogP contribution in [0.15, 0.2) is 36.4 Å². The van der Waals surface area contributed by atoms with E-state index in [1.807, 2.05) is 0 Å². The zero-order chi connectivity index (χ0) is 17.0. The maximum Gasteiger partial charge on any atom is 0.224 e. The van der Waals surface area contributed by atoms with Gasteiger partial charge in [-0.1, -0.05) is 17.7 Å². The van der Waals surface area contributed by atoms with Gasteiger partial charge < -0.3 is 10.4 Å². The summed E-state index contributed by atoms with van der Waals surface area (Å²) in [6, 6.07) is 7.05. The summed E-state index contributed by atoms with van der Waals surface area (Å²) in [6.07, 6.45) is -0.475. The number of hydrogen-bond acceptors (Lipinski definition) is 3. The molecule has 0 heterocycles. The average Bonchev–Trinajstić information content (AvgIpc) is 2.49. The van der Waals surface area contributed by atoms with E-state index in [2.05, 4.69) is 5.32 Å². The van der Waals surface area contributed by atoms with Gasteiger partial charge >= 0.3 is 0 Å². The Morgan fingerprint density at radius 2 is 1.87 bits per heavy atom. The molecule has 0 spiro atoms. The normalized spacial score (nSPS) is 10.4. The van der Waals surface area contributed by atoms with Gasteiger partial charge in [0.2, 0.25) is 5.91 Å². The van der Waals surface area contributed by atoms with Crippen LogP contribution < -0.4 is 5.32 Å². The number of ketones is 1. The second kappa shape index (κ2) is 7.19. The second-order valence-corrected chi connectivity index (χ2v) is 5.14. The first-order valence-electron chi connectivity index (χ1n) is 6.64. The van der Waals surface area contributed by atoms with Crippen LogP contribution in [0.5, 0.6) is 5.75 Å². The molecule has 2 N–H and O–H groups in total. The quantitative estimate of drug-likeness (QED) is 0.641. The minimum absolute atomic E-state index is 0.0762. The van der Waals surface area contributed by atoms with Gasteiger partial charge in [-0.3, -0.25) is 9.59 Å². The molecule has 0 bridgehead atoms. The molecule has 4 nitrogen and oxygen atoms in total. The number of hydrogen-bond donors (Lipinski definition) is 2. The zero-order valence-electron chi connectivity index (χ0n) is 11.8. The fourth-order valence-electron chi connectivity index (χ4n) is 1.91. The first kappa shape index (κ1) is 16.9. The molecule has 0 aliphatic rings. The van der Waals surface area contributed by atoms with Crippen molar-refractivity contribution < 1.29 is 23.5 Å². The van der Waals surface area contributed by atoms with Gasteiger partial charge in [0, 0.05) is 18.9 Å². The summed E-state index contributed by atoms with van der Waals surface area (Å²) in [5.74, 6) is -3.19. The van der Waals surface area contributed by atoms with Crippen molar-refractivity contribution >= 4 is 29.0 Å². The van der Waals surface area contributed by atoms with E-state index in [9.17, 15) is 23.5 Å². The van der Waals surface area contributed by atoms with E-state index in [-0.39, 0.29) is 34.9 Å². The van der Waals surface area contributed by atoms with E-state index in [1.165, 1.54) is 18.2 Å². The Morgan fingerprint density at radius 1 is 1.13 bits per heavy atom. The Kier molecular flexibility index (Phi) is 5.28. The first-order chi connectivity index (χ1) is 10.9. The third-order valence-corrected chi connectivity index (χ3v) is 3.38. The van der Waals surface area contributed by atoms with Crippen molar-refractivity contribution in [2.24, 2.45) is 0 Å². The summed E-state index contributed by atoms with van der Waals surface area (Å²) >= 11 is 5.71. The third-order valence-electron chi connectivity index (χ3n) is 3.07. The van der Waals surface area contributed by atoms with Crippen LogP contribution in [-0.4, -0.2) is 16.8 Å². The van der Waals surface area contributed by atoms with Crippen molar-refractivity contribution in [3.05, 3.63) is 58.6 Å². The number of nitrogens with one attached hydrogen (secondary N) is 1. The topological polar surface area (TPSA) is 66.4 Å². The molecule has 120 valence electrons. The minimum Gasteiger partial charge on any atom is -0.504 e. The largest absolute Gasteiger partial charge is 0.504 e. The number of phenolic OH excluding ortho intramolecular Hbond substituents is 1. The highest BCUT2D eigenvalue weighted by atomic mass is 35.5. The minimum atomic E-state index is -0.970. The number of phenols is 1. The number of anilines is 1. The second-order valence-electron chi connectivity index (χ2n) is 4.73. The van der Waals surface area contributed by atoms with Crippen molar-refractivity contribution in [3.63, 3.8) is 0 Å². The Balaban J connectivity index is 1.96. The number of carbonyl (C=O) groups is 2. The summed E-state index contributed by atoms with van der Waals surface area (Å²) in [5, 5.41) is 12.1. The lowest BCUT2D eigenvalue weighted by Gasteiger charge is -2.08. The van der Waals surface area contributed by atoms with E-state index >= 15 is 0 Å². The van der Waals surface area contributed by atoms with Crippen molar-refractivity contribution in [3.8, 4) is 5.75 Å². The van der Waals surface area contributed by atoms with Crippen LogP contribution in [-0.2, 0) is 4.79 Å². The van der Waals surface area contributed by atoms with Crippen molar-refractivity contribution in [2.45, 2.75) is 12.8 Å². The van der Waals surface area contributed by atoms with Crippen molar-refractivity contribution in [2.75, 3.05) is 5.32 Å². The lowest BCUT2D eigenvalue weighted by atomic mass is 10.1. The van der Waals surface area contributed by atoms with Crippen LogP contribution in [0.4, 0.5) is 14.5 Å². The monoisotopic (exact) mass is 339 g/mol. The standard InChI is InChI=1S/C16H12ClF2NO3/c17-11-2-1-3-13(16(11)23)20-15(22)7-6-14(21)10-5-4-9(18)8-12(10)19/h1-5,8,23H,6-7H2,(H,20,22). The fourth-order valence-corrected chi connectivity index (χ4v) is 2.08. The van der Waals surface area contributed by atoms with Gasteiger partial charge in [0.15, 0.2) is 11.5 Å². The van der Waals surface area contributed by atoms with Crippen molar-refractivity contribution in [1.82, 2.24) is 0 Å². The molecule has 2 rings (SSSR count). The number of aromatic hydroxyl groups is 1. The Labute approximate surface area is 135 Å². The van der Waals surface area contributed by atoms with Gasteiger partial charge in [-0.15, -0.1) is 0 Å². The molecular formula is C16H12ClF2NO3. The van der Waals surface area contributed by atoms with Gasteiger partial charge in [-0.05, 0) is 24.3 Å². The maximum absolute atomic E-state index is 13.5. The number of benzene rings is 2. The molecule has 0 aliphatic heterocycles. The first-order valence-corrected chi connectivity index (χ1v) is 7.02. The lowest BCUT2D eigenvalue weighted by molar-refractivity contribution is -0.116. The Hall–Kier alpha value is -2.47. The van der Waals surface area contributed by atoms with Crippen LogP contribution in [0.3, 0.4) is 0 Å². The highest BCUT2D eigenvalue weighted by Crippen LogP contribution is 2.31. The molecule has 0 fully saturated rings. The van der Waals surface area contributed by atoms with E-state index in [0.29, 0.717) is 6.07 Å². The predicted molar refractivity (Wildman–Crippen MR) is 81.7 cm³/mol. The van der Waals surface area contributed by atoms with E-state index < -0.39 is 23.3 Å². The molecule has 2 aromatic carbocycles. The number of halogens is 3. The van der Waals surface area contributed by atoms with Gasteiger partial charge in [0.05, 0.1) is 16.3 Å². The zero-order valence-corrected chi connectivity index (χ0v) is 12.5. The predicted octanol–water partition coefficient (Wildman–Crippen LogP) is 3.93. The van der Waals surface area contributed by atoms with E-state index in [0.717, 1.165) is 12.1 Å². The number of amides is 1. The summed E-state index contributed by atoms with van der Waals surface area (Å²) in [6.45, 7) is 0. The van der Waals surface area contributed by atoms with Gasteiger partial charge in [0.25, 0.3) is 0 Å². The molecular weight excluding hydrogens is 328 g/mol. The molecule has 0 unspecified atom stereocenters. The van der Waals surface area contributed by atoms with Crippen LogP contribution in [0, 0.1) is 11.6 Å². The van der Waals surface area contributed by atoms with Crippen LogP contribution in [0.1, 0.15) is 23.2 Å². The van der Waals surface area contributed by atoms with Crippen molar-refractivity contribution in [1.29, 1.82) is 0 Å². The Bertz CT molecular complexity index is 765. The third kappa shape index (κ3) is 4.26. The van der Waals surface area contributed by atoms with Crippen LogP contribution >= 0.6 is 11.6 Å².